The molecule has 0 bridgehead atoms. The zero-order valence-corrected chi connectivity index (χ0v) is 9.34. The molecule has 0 aliphatic carbocycles. The minimum absolute atomic E-state index is 0.100. The summed E-state index contributed by atoms with van der Waals surface area (Å²) < 4.78 is 0. The zero-order valence-electron chi connectivity index (χ0n) is 9.34. The van der Waals surface area contributed by atoms with E-state index in [2.05, 4.69) is 15.6 Å². The van der Waals surface area contributed by atoms with Gasteiger partial charge in [0.25, 0.3) is 5.69 Å². The first-order valence-electron chi connectivity index (χ1n) is 4.78. The molecule has 1 rings (SSSR count). The van der Waals surface area contributed by atoms with Gasteiger partial charge in [0.2, 0.25) is 5.91 Å². The number of carbonyl (C=O) groups excluding carboxylic acids is 1. The third-order valence-corrected chi connectivity index (χ3v) is 2.01. The van der Waals surface area contributed by atoms with E-state index in [9.17, 15) is 19.7 Å². The Morgan fingerprint density at radius 1 is 1.56 bits per heavy atom. The SMILES string of the molecule is CNC(=O)CNc1ncc([N+](=O)[O-])cc1C(=O)O. The first kappa shape index (κ1) is 13.4. The van der Waals surface area contributed by atoms with E-state index in [0.29, 0.717) is 0 Å². The summed E-state index contributed by atoms with van der Waals surface area (Å²) in [6.07, 6.45) is 0.915. The van der Waals surface area contributed by atoms with Crippen molar-refractivity contribution in [1.82, 2.24) is 10.3 Å². The molecule has 1 aromatic rings. The zero-order chi connectivity index (χ0) is 13.7. The van der Waals surface area contributed by atoms with Crippen molar-refractivity contribution in [3.05, 3.63) is 27.9 Å². The predicted molar refractivity (Wildman–Crippen MR) is 60.4 cm³/mol. The van der Waals surface area contributed by atoms with Crippen molar-refractivity contribution in [3.8, 4) is 0 Å². The second-order valence-electron chi connectivity index (χ2n) is 3.18. The van der Waals surface area contributed by atoms with Crippen LogP contribution in [0.25, 0.3) is 0 Å². The summed E-state index contributed by atoms with van der Waals surface area (Å²) >= 11 is 0. The van der Waals surface area contributed by atoms with Crippen molar-refractivity contribution in [3.63, 3.8) is 0 Å². The third-order valence-electron chi connectivity index (χ3n) is 2.01. The Bertz CT molecular complexity index is 502. The Balaban J connectivity index is 3.00. The highest BCUT2D eigenvalue weighted by molar-refractivity contribution is 5.94. The van der Waals surface area contributed by atoms with E-state index < -0.39 is 16.6 Å². The summed E-state index contributed by atoms with van der Waals surface area (Å²) in [6, 6.07) is 0.877. The van der Waals surface area contributed by atoms with E-state index in [1.54, 1.807) is 0 Å². The number of amides is 1. The molecule has 0 spiro atoms. The quantitative estimate of drug-likeness (QED) is 0.491. The van der Waals surface area contributed by atoms with Crippen LogP contribution < -0.4 is 10.6 Å². The molecule has 0 saturated heterocycles. The number of likely N-dealkylation sites (N-methyl/N-ethyl adjacent to an activating group) is 1. The molecule has 0 fully saturated rings. The molecule has 0 atom stereocenters. The molecule has 9 nitrogen and oxygen atoms in total. The number of carboxylic acids is 1. The topological polar surface area (TPSA) is 134 Å². The molecular weight excluding hydrogens is 244 g/mol. The van der Waals surface area contributed by atoms with Crippen molar-refractivity contribution in [2.45, 2.75) is 0 Å². The van der Waals surface area contributed by atoms with Gasteiger partial charge in [-0.3, -0.25) is 14.9 Å². The van der Waals surface area contributed by atoms with Gasteiger partial charge < -0.3 is 15.7 Å². The highest BCUT2D eigenvalue weighted by atomic mass is 16.6. The number of nitrogens with one attached hydrogen (secondary N) is 2. The molecule has 0 radical (unpaired) electrons. The maximum atomic E-state index is 11.0. The second kappa shape index (κ2) is 5.57. The first-order valence-corrected chi connectivity index (χ1v) is 4.78. The van der Waals surface area contributed by atoms with Gasteiger partial charge in [-0.05, 0) is 0 Å². The highest BCUT2D eigenvalue weighted by Crippen LogP contribution is 2.18. The lowest BCUT2D eigenvalue weighted by atomic mass is 10.2. The molecule has 0 aliphatic rings. The summed E-state index contributed by atoms with van der Waals surface area (Å²) in [5.74, 6) is -1.84. The van der Waals surface area contributed by atoms with Gasteiger partial charge in [-0.1, -0.05) is 0 Å². The normalized spacial score (nSPS) is 9.61. The molecule has 0 saturated carbocycles. The van der Waals surface area contributed by atoms with Crippen molar-refractivity contribution in [2.24, 2.45) is 0 Å². The summed E-state index contributed by atoms with van der Waals surface area (Å²) in [5.41, 5.74) is -0.800. The molecule has 3 N–H and O–H groups in total. The molecular formula is C9H10N4O5. The van der Waals surface area contributed by atoms with Gasteiger partial charge >= 0.3 is 5.97 Å². The van der Waals surface area contributed by atoms with Gasteiger partial charge in [0.15, 0.2) is 0 Å². The highest BCUT2D eigenvalue weighted by Gasteiger charge is 2.17. The van der Waals surface area contributed by atoms with E-state index >= 15 is 0 Å². The fraction of sp³-hybridized carbons (Fsp3) is 0.222. The van der Waals surface area contributed by atoms with Crippen LogP contribution in [-0.2, 0) is 4.79 Å². The van der Waals surface area contributed by atoms with Crippen LogP contribution in [0.3, 0.4) is 0 Å². The van der Waals surface area contributed by atoms with Crippen LogP contribution in [-0.4, -0.2) is 40.5 Å². The number of rotatable bonds is 5. The van der Waals surface area contributed by atoms with Crippen LogP contribution in [0.4, 0.5) is 11.5 Å². The Morgan fingerprint density at radius 2 is 2.22 bits per heavy atom. The second-order valence-corrected chi connectivity index (χ2v) is 3.18. The number of carboxylic acid groups (broad SMARTS) is 1. The number of aromatic nitrogens is 1. The summed E-state index contributed by atoms with van der Waals surface area (Å²) in [4.78, 5) is 35.2. The number of anilines is 1. The lowest BCUT2D eigenvalue weighted by molar-refractivity contribution is -0.385. The average molecular weight is 254 g/mol. The number of nitrogens with zero attached hydrogens (tertiary/aromatic N) is 2. The summed E-state index contributed by atoms with van der Waals surface area (Å²) in [5, 5.41) is 24.2. The number of pyridine rings is 1. The Hall–Kier alpha value is -2.71. The standard InChI is InChI=1S/C9H10N4O5/c1-10-7(14)4-12-8-6(9(15)16)2-5(3-11-8)13(17)18/h2-3H,4H2,1H3,(H,10,14)(H,11,12)(H,15,16). The molecule has 0 aliphatic heterocycles. The van der Waals surface area contributed by atoms with Crippen molar-refractivity contribution in [1.29, 1.82) is 0 Å². The minimum Gasteiger partial charge on any atom is -0.478 e. The van der Waals surface area contributed by atoms with E-state index in [1.807, 2.05) is 0 Å². The van der Waals surface area contributed by atoms with Crippen LogP contribution in [0.1, 0.15) is 10.4 Å². The summed E-state index contributed by atoms with van der Waals surface area (Å²) in [7, 11) is 1.42. The maximum Gasteiger partial charge on any atom is 0.339 e. The smallest absolute Gasteiger partial charge is 0.339 e. The first-order chi connectivity index (χ1) is 8.45. The van der Waals surface area contributed by atoms with Crippen LogP contribution in [0.2, 0.25) is 0 Å². The van der Waals surface area contributed by atoms with Crippen LogP contribution in [0.15, 0.2) is 12.3 Å². The largest absolute Gasteiger partial charge is 0.478 e. The number of nitro groups is 1. The maximum absolute atomic E-state index is 11.0. The van der Waals surface area contributed by atoms with Gasteiger partial charge in [0.1, 0.15) is 17.6 Å². The molecule has 9 heteroatoms. The van der Waals surface area contributed by atoms with Gasteiger partial charge in [0.05, 0.1) is 11.5 Å². The van der Waals surface area contributed by atoms with Crippen LogP contribution in [0, 0.1) is 10.1 Å². The third kappa shape index (κ3) is 3.14. The number of hydrogen-bond acceptors (Lipinski definition) is 6. The number of aromatic carboxylic acids is 1. The Morgan fingerprint density at radius 3 is 2.72 bits per heavy atom. The molecule has 1 aromatic heterocycles. The molecule has 0 aromatic carbocycles. The fourth-order valence-corrected chi connectivity index (χ4v) is 1.11. The van der Waals surface area contributed by atoms with Crippen LogP contribution in [0.5, 0.6) is 0 Å². The van der Waals surface area contributed by atoms with Crippen molar-refractivity contribution < 1.29 is 19.6 Å². The fourth-order valence-electron chi connectivity index (χ4n) is 1.11. The van der Waals surface area contributed by atoms with E-state index in [0.717, 1.165) is 12.3 Å². The average Bonchev–Trinajstić information content (AvgIpc) is 2.35. The van der Waals surface area contributed by atoms with Crippen LogP contribution >= 0.6 is 0 Å². The number of hydrogen-bond donors (Lipinski definition) is 3. The van der Waals surface area contributed by atoms with Gasteiger partial charge in [-0.15, -0.1) is 0 Å². The van der Waals surface area contributed by atoms with Crippen molar-refractivity contribution in [2.75, 3.05) is 18.9 Å². The molecule has 1 heterocycles. The Labute approximate surface area is 101 Å². The molecule has 1 amide bonds. The van der Waals surface area contributed by atoms with E-state index in [4.69, 9.17) is 5.11 Å². The monoisotopic (exact) mass is 254 g/mol. The lowest BCUT2D eigenvalue weighted by Gasteiger charge is -2.07. The molecule has 96 valence electrons. The molecule has 18 heavy (non-hydrogen) atoms. The van der Waals surface area contributed by atoms with Crippen molar-refractivity contribution >= 4 is 23.4 Å². The lowest BCUT2D eigenvalue weighted by Crippen LogP contribution is -2.27. The van der Waals surface area contributed by atoms with Gasteiger partial charge in [0, 0.05) is 13.1 Å². The van der Waals surface area contributed by atoms with Gasteiger partial charge in [-0.2, -0.15) is 0 Å². The molecule has 0 unspecified atom stereocenters. The van der Waals surface area contributed by atoms with E-state index in [1.165, 1.54) is 7.05 Å². The summed E-state index contributed by atoms with van der Waals surface area (Å²) in [6.45, 7) is -0.179. The minimum atomic E-state index is -1.37. The van der Waals surface area contributed by atoms with Gasteiger partial charge in [-0.25, -0.2) is 9.78 Å². The predicted octanol–water partition coefficient (Wildman–Crippen LogP) is -0.154. The van der Waals surface area contributed by atoms with E-state index in [-0.39, 0.29) is 23.8 Å². The number of carbonyl (C=O) groups is 2. The Kier molecular flexibility index (Phi) is 4.13.